The molecule has 1 aliphatic rings. The Morgan fingerprint density at radius 3 is 2.73 bits per heavy atom. The fourth-order valence-corrected chi connectivity index (χ4v) is 2.50. The molecule has 5 nitrogen and oxygen atoms in total. The molecule has 0 aliphatic heterocycles. The Bertz CT molecular complexity index is 548. The zero-order valence-corrected chi connectivity index (χ0v) is 18.7. The molecule has 1 aliphatic carbocycles. The van der Waals surface area contributed by atoms with Gasteiger partial charge in [0.1, 0.15) is 5.75 Å². The van der Waals surface area contributed by atoms with Crippen molar-refractivity contribution in [2.75, 3.05) is 32.9 Å². The lowest BCUT2D eigenvalue weighted by Crippen LogP contribution is -2.38. The van der Waals surface area contributed by atoms with Crippen LogP contribution in [-0.4, -0.2) is 38.9 Å². The van der Waals surface area contributed by atoms with Crippen molar-refractivity contribution in [3.8, 4) is 5.75 Å². The highest BCUT2D eigenvalue weighted by molar-refractivity contribution is 14.0. The normalized spacial score (nSPS) is 13.9. The summed E-state index contributed by atoms with van der Waals surface area (Å²) in [5.74, 6) is 2.60. The summed E-state index contributed by atoms with van der Waals surface area (Å²) in [7, 11) is 0. The number of hydrogen-bond donors (Lipinski definition) is 2. The largest absolute Gasteiger partial charge is 0.494 e. The molecule has 2 rings (SSSR count). The maximum absolute atomic E-state index is 5.73. The molecule has 0 bridgehead atoms. The van der Waals surface area contributed by atoms with Crippen LogP contribution in [0.5, 0.6) is 5.75 Å². The first-order valence-corrected chi connectivity index (χ1v) is 9.55. The summed E-state index contributed by atoms with van der Waals surface area (Å²) in [6, 6.07) is 6.27. The van der Waals surface area contributed by atoms with Crippen molar-refractivity contribution in [1.82, 2.24) is 10.6 Å². The molecule has 0 radical (unpaired) electrons. The van der Waals surface area contributed by atoms with E-state index in [-0.39, 0.29) is 24.0 Å². The van der Waals surface area contributed by atoms with Gasteiger partial charge in [-0.05, 0) is 57.6 Å². The van der Waals surface area contributed by atoms with Crippen LogP contribution in [0.1, 0.15) is 44.2 Å². The first-order chi connectivity index (χ1) is 12.2. The van der Waals surface area contributed by atoms with Crippen LogP contribution >= 0.6 is 24.0 Å². The van der Waals surface area contributed by atoms with Gasteiger partial charge in [-0.3, -0.25) is 0 Å². The predicted molar refractivity (Wildman–Crippen MR) is 119 cm³/mol. The molecule has 0 aromatic heterocycles. The fraction of sp³-hybridized carbons (Fsp3) is 0.650. The molecule has 1 aromatic rings. The van der Waals surface area contributed by atoms with Gasteiger partial charge in [0.15, 0.2) is 5.96 Å². The molecule has 1 saturated carbocycles. The SMILES string of the molecule is CCNC(=NCc1ccc(C)cc1OCC)NCCCOCC1CC1.I. The Hall–Kier alpha value is -1.02. The minimum Gasteiger partial charge on any atom is -0.494 e. The first kappa shape index (κ1) is 23.0. The molecule has 26 heavy (non-hydrogen) atoms. The molecule has 0 amide bonds. The number of hydrogen-bond acceptors (Lipinski definition) is 3. The van der Waals surface area contributed by atoms with Gasteiger partial charge < -0.3 is 20.1 Å². The van der Waals surface area contributed by atoms with Gasteiger partial charge in [0, 0.05) is 31.9 Å². The Morgan fingerprint density at radius 1 is 1.23 bits per heavy atom. The molecule has 2 N–H and O–H groups in total. The lowest BCUT2D eigenvalue weighted by atomic mass is 10.1. The van der Waals surface area contributed by atoms with E-state index in [1.165, 1.54) is 18.4 Å². The van der Waals surface area contributed by atoms with Gasteiger partial charge in [-0.2, -0.15) is 0 Å². The van der Waals surface area contributed by atoms with Crippen molar-refractivity contribution in [3.05, 3.63) is 29.3 Å². The van der Waals surface area contributed by atoms with E-state index in [1.807, 2.05) is 6.92 Å². The molecule has 1 fully saturated rings. The summed E-state index contributed by atoms with van der Waals surface area (Å²) >= 11 is 0. The summed E-state index contributed by atoms with van der Waals surface area (Å²) in [6.07, 6.45) is 3.68. The minimum absolute atomic E-state index is 0. The molecule has 0 atom stereocenters. The van der Waals surface area contributed by atoms with Crippen molar-refractivity contribution in [1.29, 1.82) is 0 Å². The number of guanidine groups is 1. The van der Waals surface area contributed by atoms with Crippen LogP contribution in [0, 0.1) is 12.8 Å². The van der Waals surface area contributed by atoms with Crippen molar-refractivity contribution in [3.63, 3.8) is 0 Å². The number of nitrogens with zero attached hydrogens (tertiary/aromatic N) is 1. The molecule has 1 aromatic carbocycles. The Labute approximate surface area is 175 Å². The zero-order chi connectivity index (χ0) is 17.9. The van der Waals surface area contributed by atoms with E-state index >= 15 is 0 Å². The summed E-state index contributed by atoms with van der Waals surface area (Å²) in [4.78, 5) is 4.69. The molecule has 0 spiro atoms. The molecular formula is C20H34IN3O2. The summed E-state index contributed by atoms with van der Waals surface area (Å²) in [6.45, 7) is 10.9. The lowest BCUT2D eigenvalue weighted by molar-refractivity contribution is 0.123. The van der Waals surface area contributed by atoms with Gasteiger partial charge in [0.2, 0.25) is 0 Å². The minimum atomic E-state index is 0. The monoisotopic (exact) mass is 475 g/mol. The smallest absolute Gasteiger partial charge is 0.191 e. The topological polar surface area (TPSA) is 54.9 Å². The predicted octanol–water partition coefficient (Wildman–Crippen LogP) is 3.88. The maximum atomic E-state index is 5.73. The van der Waals surface area contributed by atoms with Crippen LogP contribution in [0.25, 0.3) is 0 Å². The second-order valence-corrected chi connectivity index (χ2v) is 6.54. The second-order valence-electron chi connectivity index (χ2n) is 6.54. The van der Waals surface area contributed by atoms with Gasteiger partial charge in [-0.1, -0.05) is 12.1 Å². The lowest BCUT2D eigenvalue weighted by Gasteiger charge is -2.13. The average Bonchev–Trinajstić information content (AvgIpc) is 3.41. The van der Waals surface area contributed by atoms with E-state index < -0.39 is 0 Å². The number of aliphatic imine (C=N–C) groups is 1. The van der Waals surface area contributed by atoms with Gasteiger partial charge in [-0.15, -0.1) is 24.0 Å². The molecule has 148 valence electrons. The molecular weight excluding hydrogens is 441 g/mol. The van der Waals surface area contributed by atoms with Crippen LogP contribution in [0.2, 0.25) is 0 Å². The summed E-state index contributed by atoms with van der Waals surface area (Å²) < 4.78 is 11.4. The summed E-state index contributed by atoms with van der Waals surface area (Å²) in [5.41, 5.74) is 2.31. The van der Waals surface area contributed by atoms with E-state index in [4.69, 9.17) is 9.47 Å². The standard InChI is InChI=1S/C20H33N3O2.HI/c1-4-21-20(22-11-6-12-24-15-17-8-9-17)23-14-18-10-7-16(3)13-19(18)25-5-2;/h7,10,13,17H,4-6,8-9,11-12,14-15H2,1-3H3,(H2,21,22,23);1H. The van der Waals surface area contributed by atoms with E-state index in [2.05, 4.69) is 47.7 Å². The van der Waals surface area contributed by atoms with Crippen molar-refractivity contribution in [2.24, 2.45) is 10.9 Å². The van der Waals surface area contributed by atoms with Gasteiger partial charge in [0.05, 0.1) is 13.2 Å². The highest BCUT2D eigenvalue weighted by atomic mass is 127. The van der Waals surface area contributed by atoms with Crippen molar-refractivity contribution >= 4 is 29.9 Å². The number of halogens is 1. The molecule has 6 heteroatoms. The van der Waals surface area contributed by atoms with Crippen LogP contribution in [-0.2, 0) is 11.3 Å². The van der Waals surface area contributed by atoms with E-state index in [1.54, 1.807) is 0 Å². The average molecular weight is 475 g/mol. The van der Waals surface area contributed by atoms with Gasteiger partial charge in [0.25, 0.3) is 0 Å². The van der Waals surface area contributed by atoms with Crippen LogP contribution in [0.15, 0.2) is 23.2 Å². The quantitative estimate of drug-likeness (QED) is 0.221. The van der Waals surface area contributed by atoms with Crippen molar-refractivity contribution in [2.45, 2.75) is 46.6 Å². The fourth-order valence-electron chi connectivity index (χ4n) is 2.50. The molecule has 0 saturated heterocycles. The molecule has 0 heterocycles. The number of nitrogens with one attached hydrogen (secondary N) is 2. The van der Waals surface area contributed by atoms with E-state index in [9.17, 15) is 0 Å². The summed E-state index contributed by atoms with van der Waals surface area (Å²) in [5, 5.41) is 6.67. The Kier molecular flexibility index (Phi) is 11.7. The van der Waals surface area contributed by atoms with Crippen LogP contribution in [0.3, 0.4) is 0 Å². The zero-order valence-electron chi connectivity index (χ0n) is 16.3. The number of aryl methyl sites for hydroxylation is 1. The number of ether oxygens (including phenoxy) is 2. The highest BCUT2D eigenvalue weighted by Gasteiger charge is 2.20. The number of benzene rings is 1. The van der Waals surface area contributed by atoms with E-state index in [0.29, 0.717) is 13.2 Å². The third-order valence-electron chi connectivity index (χ3n) is 4.08. The third-order valence-corrected chi connectivity index (χ3v) is 4.08. The van der Waals surface area contributed by atoms with E-state index in [0.717, 1.165) is 55.9 Å². The van der Waals surface area contributed by atoms with Crippen molar-refractivity contribution < 1.29 is 9.47 Å². The Morgan fingerprint density at radius 2 is 2.04 bits per heavy atom. The Balaban J connectivity index is 0.00000338. The number of rotatable bonds is 11. The second kappa shape index (κ2) is 13.2. The van der Waals surface area contributed by atoms with Crippen LogP contribution in [0.4, 0.5) is 0 Å². The third kappa shape index (κ3) is 9.07. The first-order valence-electron chi connectivity index (χ1n) is 9.55. The van der Waals surface area contributed by atoms with Gasteiger partial charge in [-0.25, -0.2) is 4.99 Å². The molecule has 0 unspecified atom stereocenters. The van der Waals surface area contributed by atoms with Crippen LogP contribution < -0.4 is 15.4 Å². The van der Waals surface area contributed by atoms with Gasteiger partial charge >= 0.3 is 0 Å². The maximum Gasteiger partial charge on any atom is 0.191 e. The highest BCUT2D eigenvalue weighted by Crippen LogP contribution is 2.28.